The van der Waals surface area contributed by atoms with E-state index >= 15 is 0 Å². The number of carbonyl (C=O) groups is 2. The van der Waals surface area contributed by atoms with Gasteiger partial charge in [-0.25, -0.2) is 4.79 Å². The van der Waals surface area contributed by atoms with Crippen LogP contribution in [0.3, 0.4) is 0 Å². The highest BCUT2D eigenvalue weighted by Gasteiger charge is 2.19. The lowest BCUT2D eigenvalue weighted by atomic mass is 10.3. The molecule has 0 aliphatic rings. The average molecular weight is 516 g/mol. The van der Waals surface area contributed by atoms with Gasteiger partial charge in [-0.1, -0.05) is 47.4 Å². The van der Waals surface area contributed by atoms with Gasteiger partial charge in [-0.3, -0.25) is 14.9 Å². The van der Waals surface area contributed by atoms with Crippen LogP contribution in [0.4, 0.5) is 5.13 Å². The molecule has 0 unspecified atom stereocenters. The number of hydrogen-bond donors (Lipinski definition) is 1. The van der Waals surface area contributed by atoms with Crippen molar-refractivity contribution in [2.24, 2.45) is 0 Å². The number of benzene rings is 1. The van der Waals surface area contributed by atoms with Gasteiger partial charge in [0.15, 0.2) is 10.4 Å². The molecule has 0 fully saturated rings. The lowest BCUT2D eigenvalue weighted by Gasteiger charge is -2.13. The molecule has 1 N–H and O–H groups in total. The van der Waals surface area contributed by atoms with E-state index in [-0.39, 0.29) is 11.7 Å². The molecule has 1 amide bonds. The summed E-state index contributed by atoms with van der Waals surface area (Å²) in [6, 6.07) is 13.6. The molecule has 3 aromatic heterocycles. The van der Waals surface area contributed by atoms with Gasteiger partial charge in [0, 0.05) is 6.07 Å². The van der Waals surface area contributed by atoms with Gasteiger partial charge in [0.05, 0.1) is 10.6 Å². The van der Waals surface area contributed by atoms with Crippen molar-refractivity contribution in [2.75, 3.05) is 5.32 Å². The molecular formula is C22H17N3O6S3. The maximum Gasteiger partial charge on any atom is 0.352 e. The fourth-order valence-electron chi connectivity index (χ4n) is 2.55. The summed E-state index contributed by atoms with van der Waals surface area (Å²) in [7, 11) is 0. The molecule has 0 radical (unpaired) electrons. The van der Waals surface area contributed by atoms with Gasteiger partial charge in [0.25, 0.3) is 5.91 Å². The number of carbonyl (C=O) groups excluding carboxylic acids is 2. The Hall–Kier alpha value is -3.48. The Morgan fingerprint density at radius 1 is 1.18 bits per heavy atom. The molecule has 1 atom stereocenters. The van der Waals surface area contributed by atoms with E-state index in [9.17, 15) is 14.4 Å². The Bertz CT molecular complexity index is 1320. The summed E-state index contributed by atoms with van der Waals surface area (Å²) in [4.78, 5) is 37.2. The second-order valence-electron chi connectivity index (χ2n) is 6.66. The maximum atomic E-state index is 12.3. The van der Waals surface area contributed by atoms with Crippen LogP contribution >= 0.6 is 34.4 Å². The highest BCUT2D eigenvalue weighted by molar-refractivity contribution is 8.00. The summed E-state index contributed by atoms with van der Waals surface area (Å²) in [5.41, 5.74) is -0.497. The van der Waals surface area contributed by atoms with Gasteiger partial charge in [-0.05, 0) is 30.5 Å². The summed E-state index contributed by atoms with van der Waals surface area (Å²) in [6.07, 6.45) is 0.182. The predicted molar refractivity (Wildman–Crippen MR) is 129 cm³/mol. The number of anilines is 1. The van der Waals surface area contributed by atoms with Crippen molar-refractivity contribution in [1.82, 2.24) is 10.2 Å². The number of aromatic nitrogens is 2. The normalized spacial score (nSPS) is 11.6. The average Bonchev–Trinajstić information content (AvgIpc) is 3.52. The van der Waals surface area contributed by atoms with Gasteiger partial charge < -0.3 is 13.9 Å². The Morgan fingerprint density at radius 2 is 2.00 bits per heavy atom. The van der Waals surface area contributed by atoms with E-state index in [0.717, 1.165) is 6.26 Å². The summed E-state index contributed by atoms with van der Waals surface area (Å²) in [5.74, 6) is -0.0202. The van der Waals surface area contributed by atoms with Gasteiger partial charge >= 0.3 is 5.97 Å². The van der Waals surface area contributed by atoms with E-state index in [4.69, 9.17) is 13.9 Å². The highest BCUT2D eigenvalue weighted by atomic mass is 32.2. The van der Waals surface area contributed by atoms with Crippen LogP contribution in [0.2, 0.25) is 0 Å². The first-order valence-corrected chi connectivity index (χ1v) is 12.5. The first-order chi connectivity index (χ1) is 16.5. The molecule has 3 heterocycles. The molecule has 0 aliphatic carbocycles. The van der Waals surface area contributed by atoms with Crippen LogP contribution in [0.5, 0.6) is 11.5 Å². The quantitative estimate of drug-likeness (QED) is 0.195. The van der Waals surface area contributed by atoms with Crippen molar-refractivity contribution >= 4 is 51.4 Å². The monoisotopic (exact) mass is 515 g/mol. The zero-order chi connectivity index (χ0) is 23.9. The van der Waals surface area contributed by atoms with Crippen LogP contribution in [-0.2, 0) is 10.5 Å². The van der Waals surface area contributed by atoms with Gasteiger partial charge in [0.2, 0.25) is 16.3 Å². The van der Waals surface area contributed by atoms with Crippen LogP contribution in [-0.4, -0.2) is 28.2 Å². The molecule has 0 bridgehead atoms. The minimum atomic E-state index is -0.913. The number of rotatable bonds is 9. The minimum absolute atomic E-state index is 0.225. The van der Waals surface area contributed by atoms with Crippen molar-refractivity contribution < 1.29 is 23.5 Å². The third kappa shape index (κ3) is 6.31. The third-order valence-corrected chi connectivity index (χ3v) is 7.02. The molecule has 1 aromatic carbocycles. The van der Waals surface area contributed by atoms with Crippen LogP contribution in [0.15, 0.2) is 73.7 Å². The lowest BCUT2D eigenvalue weighted by molar-refractivity contribution is -0.141. The Kier molecular flexibility index (Phi) is 7.72. The smallest absolute Gasteiger partial charge is 0.352 e. The molecule has 4 rings (SSSR count). The summed E-state index contributed by atoms with van der Waals surface area (Å²) in [5, 5.41) is 12.8. The largest absolute Gasteiger partial charge is 0.479 e. The number of esters is 1. The molecule has 34 heavy (non-hydrogen) atoms. The van der Waals surface area contributed by atoms with Crippen LogP contribution in [0, 0.1) is 0 Å². The zero-order valence-corrected chi connectivity index (χ0v) is 20.1. The molecule has 0 saturated carbocycles. The minimum Gasteiger partial charge on any atom is -0.479 e. The van der Waals surface area contributed by atoms with E-state index in [0.29, 0.717) is 31.6 Å². The molecule has 4 aromatic rings. The molecular weight excluding hydrogens is 498 g/mol. The maximum absolute atomic E-state index is 12.3. The first-order valence-electron chi connectivity index (χ1n) is 9.84. The van der Waals surface area contributed by atoms with Crippen molar-refractivity contribution in [3.05, 3.63) is 81.0 Å². The van der Waals surface area contributed by atoms with Crippen molar-refractivity contribution in [3.8, 4) is 11.5 Å². The van der Waals surface area contributed by atoms with E-state index in [1.165, 1.54) is 47.4 Å². The second-order valence-corrected chi connectivity index (χ2v) is 9.81. The fourth-order valence-corrected chi connectivity index (χ4v) is 4.81. The van der Waals surface area contributed by atoms with Gasteiger partial charge in [-0.2, -0.15) is 0 Å². The molecule has 9 nitrogen and oxygen atoms in total. The Balaban J connectivity index is 1.29. The van der Waals surface area contributed by atoms with Crippen molar-refractivity contribution in [3.63, 3.8) is 0 Å². The third-order valence-electron chi connectivity index (χ3n) is 4.16. The number of amides is 1. The fraction of sp³-hybridized carbons (Fsp3) is 0.136. The lowest BCUT2D eigenvalue weighted by Crippen LogP contribution is -2.29. The molecule has 0 spiro atoms. The number of thiophene rings is 1. The van der Waals surface area contributed by atoms with E-state index in [1.54, 1.807) is 36.4 Å². The highest BCUT2D eigenvalue weighted by Crippen LogP contribution is 2.28. The number of thioether (sulfide) groups is 1. The molecule has 0 saturated heterocycles. The van der Waals surface area contributed by atoms with Crippen LogP contribution < -0.4 is 20.2 Å². The number of para-hydroxylation sites is 1. The summed E-state index contributed by atoms with van der Waals surface area (Å²) < 4.78 is 16.6. The predicted octanol–water partition coefficient (Wildman–Crippen LogP) is 4.47. The summed E-state index contributed by atoms with van der Waals surface area (Å²) in [6.45, 7) is 1.53. The van der Waals surface area contributed by atoms with E-state index in [2.05, 4.69) is 15.5 Å². The molecule has 12 heteroatoms. The summed E-state index contributed by atoms with van der Waals surface area (Å²) >= 11 is 3.83. The topological polar surface area (TPSA) is 121 Å². The first kappa shape index (κ1) is 23.7. The molecule has 0 aliphatic heterocycles. The Morgan fingerprint density at radius 3 is 2.74 bits per heavy atom. The van der Waals surface area contributed by atoms with E-state index < -0.39 is 17.5 Å². The van der Waals surface area contributed by atoms with Crippen LogP contribution in [0.25, 0.3) is 0 Å². The van der Waals surface area contributed by atoms with E-state index in [1.807, 2.05) is 11.4 Å². The number of hydrogen-bond acceptors (Lipinski definition) is 11. The second kappa shape index (κ2) is 11.1. The van der Waals surface area contributed by atoms with Crippen molar-refractivity contribution in [2.45, 2.75) is 23.1 Å². The number of ether oxygens (including phenoxy) is 2. The standard InChI is InChI=1S/C22H17N3O6S3/c1-13(30-14-6-3-2-4-7-14)20(28)31-17-11-29-15(10-16(17)26)12-33-22-25-24-21(34-22)23-19(27)18-8-5-9-32-18/h2-11,13H,12H2,1H3,(H,23,24,27)/t13-/m0/s1. The number of nitrogens with one attached hydrogen (secondary N) is 1. The van der Waals surface area contributed by atoms with Crippen molar-refractivity contribution in [1.29, 1.82) is 0 Å². The van der Waals surface area contributed by atoms with Gasteiger partial charge in [-0.15, -0.1) is 21.5 Å². The molecule has 174 valence electrons. The number of nitrogens with zero attached hydrogens (tertiary/aromatic N) is 2. The zero-order valence-electron chi connectivity index (χ0n) is 17.6. The Labute approximate surface area is 205 Å². The van der Waals surface area contributed by atoms with Gasteiger partial charge in [0.1, 0.15) is 17.8 Å². The SMILES string of the molecule is C[C@H](Oc1ccccc1)C(=O)Oc1coc(CSc2nnc(NC(=O)c3cccs3)s2)cc1=O. The van der Waals surface area contributed by atoms with Crippen LogP contribution in [0.1, 0.15) is 22.4 Å².